The maximum Gasteiger partial charge on any atom is 0.417 e. The van der Waals surface area contributed by atoms with Crippen LogP contribution in [0.25, 0.3) is 32.1 Å². The van der Waals surface area contributed by atoms with Gasteiger partial charge >= 0.3 is 12.2 Å². The highest BCUT2D eigenvalue weighted by atomic mass is 32.1. The quantitative estimate of drug-likeness (QED) is 0.156. The molecular weight excluding hydrogens is 763 g/mol. The second-order valence-electron chi connectivity index (χ2n) is 14.7. The van der Waals surface area contributed by atoms with Crippen LogP contribution in [0.15, 0.2) is 28.9 Å². The number of nitrogens with zero attached hydrogens (tertiary/aromatic N) is 7. The molecule has 3 saturated heterocycles. The summed E-state index contributed by atoms with van der Waals surface area (Å²) in [7, 11) is 0. The third-order valence-corrected chi connectivity index (χ3v) is 12.4. The fourth-order valence-corrected chi connectivity index (χ4v) is 9.77. The molecule has 11 nitrogen and oxygen atoms in total. The zero-order chi connectivity index (χ0) is 39.8. The summed E-state index contributed by atoms with van der Waals surface area (Å²) in [6.45, 7) is 6.37. The topological polar surface area (TPSA) is 138 Å². The highest BCUT2D eigenvalue weighted by Gasteiger charge is 2.49. The van der Waals surface area contributed by atoms with Crippen LogP contribution in [0.2, 0.25) is 0 Å². The van der Waals surface area contributed by atoms with Crippen LogP contribution in [0.1, 0.15) is 67.0 Å². The van der Waals surface area contributed by atoms with Crippen LogP contribution >= 0.6 is 11.3 Å². The first-order valence-electron chi connectivity index (χ1n) is 18.2. The lowest BCUT2D eigenvalue weighted by Crippen LogP contribution is -2.43. The first kappa shape index (κ1) is 37.8. The number of fused-ring (bicyclic) bond motifs is 3. The SMILES string of the molecule is CCN(c1nc(OCC23CCCN2CC(F)C3)nc2c(F)c(-c3ccc(F)c4sc(N)c(C#N)c34)c(C(F)(F)F)cc12)C1CC(C)N(C(=O)c2coc(C)n2)C1. The average Bonchev–Trinajstić information content (AvgIpc) is 3.97. The minimum atomic E-state index is -5.15. The van der Waals surface area contributed by atoms with Crippen molar-refractivity contribution in [1.82, 2.24) is 24.8 Å². The van der Waals surface area contributed by atoms with Gasteiger partial charge in [0.2, 0.25) is 0 Å². The summed E-state index contributed by atoms with van der Waals surface area (Å²) < 4.78 is 104. The van der Waals surface area contributed by atoms with E-state index in [2.05, 4.69) is 15.0 Å². The van der Waals surface area contributed by atoms with E-state index in [4.69, 9.17) is 14.9 Å². The number of halogens is 6. The number of ether oxygens (including phenoxy) is 1. The zero-order valence-corrected chi connectivity index (χ0v) is 31.3. The number of aromatic nitrogens is 3. The van der Waals surface area contributed by atoms with Crippen LogP contribution in [-0.2, 0) is 6.18 Å². The second kappa shape index (κ2) is 13.8. The molecule has 3 aliphatic rings. The number of aryl methyl sites for hydroxylation is 1. The number of nitriles is 1. The molecule has 3 fully saturated rings. The fourth-order valence-electron chi connectivity index (χ4n) is 8.82. The monoisotopic (exact) mass is 798 g/mol. The summed E-state index contributed by atoms with van der Waals surface area (Å²) in [6, 6.07) is 3.32. The smallest absolute Gasteiger partial charge is 0.417 e. The molecule has 0 bridgehead atoms. The minimum absolute atomic E-state index is 0.0439. The highest BCUT2D eigenvalue weighted by molar-refractivity contribution is 7.23. The van der Waals surface area contributed by atoms with Crippen LogP contribution < -0.4 is 15.4 Å². The van der Waals surface area contributed by atoms with Crippen molar-refractivity contribution < 1.29 is 40.3 Å². The molecule has 1 amide bonds. The Kier molecular flexibility index (Phi) is 9.30. The van der Waals surface area contributed by atoms with Gasteiger partial charge in [-0.2, -0.15) is 28.4 Å². The molecule has 294 valence electrons. The number of rotatable bonds is 8. The molecule has 0 spiro atoms. The number of alkyl halides is 4. The number of hydrogen-bond donors (Lipinski definition) is 1. The number of benzene rings is 2. The van der Waals surface area contributed by atoms with Crippen molar-refractivity contribution in [2.75, 3.05) is 43.4 Å². The molecule has 0 aliphatic carbocycles. The van der Waals surface area contributed by atoms with Crippen molar-refractivity contribution in [3.05, 3.63) is 58.8 Å². The van der Waals surface area contributed by atoms with Gasteiger partial charge < -0.3 is 24.7 Å². The van der Waals surface area contributed by atoms with Crippen molar-refractivity contribution in [3.8, 4) is 23.2 Å². The molecule has 5 aromatic rings. The first-order valence-corrected chi connectivity index (χ1v) is 19.0. The molecule has 0 saturated carbocycles. The van der Waals surface area contributed by atoms with E-state index >= 15 is 22.0 Å². The normalized spacial score (nSPS) is 22.6. The largest absolute Gasteiger partial charge is 0.461 e. The average molecular weight is 799 g/mol. The third-order valence-electron chi connectivity index (χ3n) is 11.3. The van der Waals surface area contributed by atoms with Gasteiger partial charge in [-0.3, -0.25) is 9.69 Å². The molecule has 2 N–H and O–H groups in total. The maximum atomic E-state index is 17.4. The lowest BCUT2D eigenvalue weighted by molar-refractivity contribution is -0.137. The number of thiophene rings is 1. The molecule has 0 radical (unpaired) electrons. The van der Waals surface area contributed by atoms with E-state index in [9.17, 15) is 14.4 Å². The van der Waals surface area contributed by atoms with Gasteiger partial charge in [-0.1, -0.05) is 6.07 Å². The number of anilines is 2. The van der Waals surface area contributed by atoms with E-state index in [-0.39, 0.29) is 88.2 Å². The Morgan fingerprint density at radius 3 is 2.71 bits per heavy atom. The van der Waals surface area contributed by atoms with Crippen LogP contribution in [0.4, 0.5) is 37.2 Å². The molecule has 56 heavy (non-hydrogen) atoms. The number of amides is 1. The van der Waals surface area contributed by atoms with Crippen LogP contribution in [0, 0.1) is 29.9 Å². The van der Waals surface area contributed by atoms with Gasteiger partial charge in [-0.15, -0.1) is 11.3 Å². The second-order valence-corrected chi connectivity index (χ2v) is 15.7. The van der Waals surface area contributed by atoms with Crippen LogP contribution in [-0.4, -0.2) is 87.2 Å². The lowest BCUT2D eigenvalue weighted by atomic mass is 9.92. The Balaban J connectivity index is 1.31. The molecule has 3 aliphatic heterocycles. The standard InChI is InChI=1S/C38H36F6N8O3S/c1-4-51(21-10-18(2)52(15-21)35(53)27-16-54-19(3)47-27)34-23-11-25(38(42,43)44)29(22-6-7-26(40)32-28(22)24(13-45)33(46)56-32)30(41)31(23)48-36(49-34)55-17-37-8-5-9-50(37)14-20(39)12-37/h6-7,11,16,18,20-21H,4-5,8-10,12,14-15,17,46H2,1-3H3. The van der Waals surface area contributed by atoms with Gasteiger partial charge in [0.15, 0.2) is 17.4 Å². The van der Waals surface area contributed by atoms with E-state index < -0.39 is 57.8 Å². The summed E-state index contributed by atoms with van der Waals surface area (Å²) in [5, 5.41) is 9.23. The molecule has 4 unspecified atom stereocenters. The predicted molar refractivity (Wildman–Crippen MR) is 196 cm³/mol. The number of oxazole rings is 1. The Hall–Kier alpha value is -5.15. The molecule has 18 heteroatoms. The highest BCUT2D eigenvalue weighted by Crippen LogP contribution is 2.48. The van der Waals surface area contributed by atoms with Gasteiger partial charge in [0.25, 0.3) is 5.91 Å². The third kappa shape index (κ3) is 6.15. The number of carbonyl (C=O) groups is 1. The van der Waals surface area contributed by atoms with E-state index in [1.807, 2.05) is 17.9 Å². The van der Waals surface area contributed by atoms with Crippen molar-refractivity contribution >= 4 is 49.1 Å². The minimum Gasteiger partial charge on any atom is -0.461 e. The lowest BCUT2D eigenvalue weighted by Gasteiger charge is -2.32. The van der Waals surface area contributed by atoms with E-state index in [1.165, 1.54) is 6.26 Å². The number of carbonyl (C=O) groups excluding carboxylic acids is 1. The van der Waals surface area contributed by atoms with Gasteiger partial charge in [0.1, 0.15) is 47.3 Å². The summed E-state index contributed by atoms with van der Waals surface area (Å²) in [5.41, 5.74) is 1.90. The Bertz CT molecular complexity index is 2430. The fraction of sp³-hybridized carbons (Fsp3) is 0.447. The molecule has 4 atom stereocenters. The molecule has 2 aromatic carbocycles. The summed E-state index contributed by atoms with van der Waals surface area (Å²) in [5.74, 6) is -2.38. The molecular formula is C38H36F6N8O3S. The number of hydrogen-bond acceptors (Lipinski definition) is 11. The Labute approximate surface area is 320 Å². The predicted octanol–water partition coefficient (Wildman–Crippen LogP) is 7.64. The van der Waals surface area contributed by atoms with Crippen molar-refractivity contribution in [2.45, 2.75) is 76.4 Å². The van der Waals surface area contributed by atoms with Crippen molar-refractivity contribution in [2.24, 2.45) is 0 Å². The van der Waals surface area contributed by atoms with Crippen LogP contribution in [0.5, 0.6) is 6.01 Å². The Morgan fingerprint density at radius 1 is 1.23 bits per heavy atom. The van der Waals surface area contributed by atoms with E-state index in [0.29, 0.717) is 36.6 Å². The number of nitrogen functional groups attached to an aromatic ring is 1. The van der Waals surface area contributed by atoms with Gasteiger partial charge in [0.05, 0.1) is 21.4 Å². The summed E-state index contributed by atoms with van der Waals surface area (Å²) >= 11 is 0.672. The van der Waals surface area contributed by atoms with E-state index in [1.54, 1.807) is 23.6 Å². The van der Waals surface area contributed by atoms with Gasteiger partial charge in [0, 0.05) is 61.4 Å². The van der Waals surface area contributed by atoms with Gasteiger partial charge in [-0.05, 0) is 57.4 Å². The van der Waals surface area contributed by atoms with Crippen molar-refractivity contribution in [1.29, 1.82) is 5.26 Å². The maximum absolute atomic E-state index is 17.4. The number of nitrogens with two attached hydrogens (primary N) is 1. The molecule has 8 rings (SSSR count). The van der Waals surface area contributed by atoms with E-state index in [0.717, 1.165) is 24.6 Å². The Morgan fingerprint density at radius 2 is 2.02 bits per heavy atom. The number of likely N-dealkylation sites (tertiary alicyclic amines) is 1. The van der Waals surface area contributed by atoms with Gasteiger partial charge in [-0.25, -0.2) is 18.2 Å². The first-order chi connectivity index (χ1) is 26.6. The summed E-state index contributed by atoms with van der Waals surface area (Å²) in [4.78, 5) is 31.9. The van der Waals surface area contributed by atoms with Crippen molar-refractivity contribution in [3.63, 3.8) is 0 Å². The summed E-state index contributed by atoms with van der Waals surface area (Å²) in [6.07, 6.45) is -2.92. The molecule has 6 heterocycles. The zero-order valence-electron chi connectivity index (χ0n) is 30.5. The number of likely N-dealkylation sites (N-methyl/N-ethyl adjacent to an activating group) is 1. The van der Waals surface area contributed by atoms with Crippen LogP contribution in [0.3, 0.4) is 0 Å². The molecule has 3 aromatic heterocycles.